The SMILES string of the molecule is O=[N+]([O-])c1c(C(F)F)ncc(Cl)c1CO. The Morgan fingerprint density at radius 3 is 2.67 bits per heavy atom. The maximum Gasteiger partial charge on any atom is 0.303 e. The fourth-order valence-corrected chi connectivity index (χ4v) is 1.24. The summed E-state index contributed by atoms with van der Waals surface area (Å²) in [4.78, 5) is 12.7. The molecule has 1 aromatic rings. The number of nitrogens with zero attached hydrogens (tertiary/aromatic N) is 2. The summed E-state index contributed by atoms with van der Waals surface area (Å²) in [6.07, 6.45) is -2.24. The zero-order valence-corrected chi connectivity index (χ0v) is 7.91. The average molecular weight is 239 g/mol. The molecule has 1 aromatic heterocycles. The standard InChI is InChI=1S/C7H5ClF2N2O3/c8-4-1-11-5(7(9)10)6(12(14)15)3(4)2-13/h1,7,13H,2H2. The zero-order chi connectivity index (χ0) is 11.6. The molecule has 15 heavy (non-hydrogen) atoms. The monoisotopic (exact) mass is 238 g/mol. The van der Waals surface area contributed by atoms with Gasteiger partial charge in [0.15, 0.2) is 5.69 Å². The largest absolute Gasteiger partial charge is 0.391 e. The van der Waals surface area contributed by atoms with Crippen LogP contribution in [0.1, 0.15) is 17.7 Å². The van der Waals surface area contributed by atoms with Gasteiger partial charge in [-0.15, -0.1) is 0 Å². The third-order valence-electron chi connectivity index (χ3n) is 1.68. The van der Waals surface area contributed by atoms with E-state index in [9.17, 15) is 18.9 Å². The summed E-state index contributed by atoms with van der Waals surface area (Å²) in [5.41, 5.74) is -2.28. The molecule has 5 nitrogen and oxygen atoms in total. The average Bonchev–Trinajstić information content (AvgIpc) is 2.16. The van der Waals surface area contributed by atoms with Crippen LogP contribution in [0.15, 0.2) is 6.20 Å². The zero-order valence-electron chi connectivity index (χ0n) is 7.15. The Kier molecular flexibility index (Phi) is 3.48. The molecular formula is C7H5ClF2N2O3. The summed E-state index contributed by atoms with van der Waals surface area (Å²) < 4.78 is 24.7. The molecule has 82 valence electrons. The second-order valence-corrected chi connectivity index (χ2v) is 2.94. The van der Waals surface area contributed by atoms with E-state index in [1.165, 1.54) is 0 Å². The molecule has 8 heteroatoms. The van der Waals surface area contributed by atoms with Gasteiger partial charge >= 0.3 is 5.69 Å². The predicted molar refractivity (Wildman–Crippen MR) is 46.8 cm³/mol. The molecule has 0 fully saturated rings. The minimum atomic E-state index is -3.09. The first-order valence-corrected chi connectivity index (χ1v) is 4.07. The van der Waals surface area contributed by atoms with Gasteiger partial charge in [0, 0.05) is 6.20 Å². The van der Waals surface area contributed by atoms with Gasteiger partial charge in [-0.25, -0.2) is 13.8 Å². The van der Waals surface area contributed by atoms with Gasteiger partial charge < -0.3 is 5.11 Å². The van der Waals surface area contributed by atoms with Gasteiger partial charge in [0.25, 0.3) is 6.43 Å². The Hall–Kier alpha value is -1.34. The smallest absolute Gasteiger partial charge is 0.303 e. The van der Waals surface area contributed by atoms with Crippen LogP contribution in [-0.2, 0) is 6.61 Å². The highest BCUT2D eigenvalue weighted by atomic mass is 35.5. The summed E-state index contributed by atoms with van der Waals surface area (Å²) in [6.45, 7) is -0.794. The number of alkyl halides is 2. The molecule has 0 radical (unpaired) electrons. The van der Waals surface area contributed by atoms with E-state index in [1.807, 2.05) is 0 Å². The fraction of sp³-hybridized carbons (Fsp3) is 0.286. The summed E-state index contributed by atoms with van der Waals surface area (Å²) >= 11 is 5.48. The van der Waals surface area contributed by atoms with E-state index in [0.29, 0.717) is 0 Å². The molecule has 0 aliphatic carbocycles. The van der Waals surface area contributed by atoms with Crippen molar-refractivity contribution in [3.63, 3.8) is 0 Å². The van der Waals surface area contributed by atoms with Gasteiger partial charge in [-0.3, -0.25) is 10.1 Å². The second-order valence-electron chi connectivity index (χ2n) is 2.53. The Labute approximate surface area is 87.5 Å². The Bertz CT molecular complexity index is 400. The molecule has 0 aliphatic rings. The topological polar surface area (TPSA) is 76.3 Å². The van der Waals surface area contributed by atoms with Crippen molar-refractivity contribution < 1.29 is 18.8 Å². The minimum absolute atomic E-state index is 0.214. The van der Waals surface area contributed by atoms with Crippen LogP contribution in [0.2, 0.25) is 5.02 Å². The van der Waals surface area contributed by atoms with Gasteiger partial charge in [-0.2, -0.15) is 0 Å². The maximum atomic E-state index is 12.3. The molecule has 1 heterocycles. The quantitative estimate of drug-likeness (QED) is 0.646. The van der Waals surface area contributed by atoms with Crippen molar-refractivity contribution in [2.45, 2.75) is 13.0 Å². The molecule has 1 rings (SSSR count). The van der Waals surface area contributed by atoms with Crippen LogP contribution in [-0.4, -0.2) is 15.0 Å². The van der Waals surface area contributed by atoms with Crippen molar-refractivity contribution in [3.05, 3.63) is 32.6 Å². The molecule has 0 atom stereocenters. The van der Waals surface area contributed by atoms with Crippen molar-refractivity contribution >= 4 is 17.3 Å². The lowest BCUT2D eigenvalue weighted by atomic mass is 10.2. The van der Waals surface area contributed by atoms with Crippen LogP contribution < -0.4 is 0 Å². The van der Waals surface area contributed by atoms with Crippen LogP contribution in [0.3, 0.4) is 0 Å². The number of hydrogen-bond acceptors (Lipinski definition) is 4. The molecule has 0 amide bonds. The highest BCUT2D eigenvalue weighted by Gasteiger charge is 2.28. The molecule has 0 spiro atoms. The normalized spacial score (nSPS) is 10.7. The van der Waals surface area contributed by atoms with Gasteiger partial charge in [0.2, 0.25) is 0 Å². The molecule has 0 saturated heterocycles. The second kappa shape index (κ2) is 4.45. The molecule has 0 bridgehead atoms. The molecule has 0 aromatic carbocycles. The first-order chi connectivity index (χ1) is 6.99. The highest BCUT2D eigenvalue weighted by molar-refractivity contribution is 6.31. The minimum Gasteiger partial charge on any atom is -0.391 e. The van der Waals surface area contributed by atoms with E-state index in [2.05, 4.69) is 4.98 Å². The van der Waals surface area contributed by atoms with Gasteiger partial charge in [0.1, 0.15) is 0 Å². The van der Waals surface area contributed by atoms with Crippen molar-refractivity contribution in [2.24, 2.45) is 0 Å². The number of aliphatic hydroxyl groups is 1. The Balaban J connectivity index is 3.49. The predicted octanol–water partition coefficient (Wildman–Crippen LogP) is 2.07. The van der Waals surface area contributed by atoms with Gasteiger partial charge in [-0.1, -0.05) is 11.6 Å². The van der Waals surface area contributed by atoms with Crippen molar-refractivity contribution in [3.8, 4) is 0 Å². The number of aliphatic hydroxyl groups excluding tert-OH is 1. The van der Waals surface area contributed by atoms with Crippen LogP contribution in [0.4, 0.5) is 14.5 Å². The van der Waals surface area contributed by atoms with E-state index in [-0.39, 0.29) is 10.6 Å². The summed E-state index contributed by atoms with van der Waals surface area (Å²) in [7, 11) is 0. The molecule has 1 N–H and O–H groups in total. The Morgan fingerprint density at radius 1 is 1.67 bits per heavy atom. The van der Waals surface area contributed by atoms with Crippen LogP contribution in [0.25, 0.3) is 0 Å². The third kappa shape index (κ3) is 2.18. The van der Waals surface area contributed by atoms with Crippen molar-refractivity contribution in [1.29, 1.82) is 0 Å². The first kappa shape index (κ1) is 11.7. The molecule has 0 unspecified atom stereocenters. The summed E-state index contributed by atoms with van der Waals surface area (Å²) in [5.74, 6) is 0. The van der Waals surface area contributed by atoms with Gasteiger partial charge in [0.05, 0.1) is 22.1 Å². The van der Waals surface area contributed by atoms with E-state index in [1.54, 1.807) is 0 Å². The maximum absolute atomic E-state index is 12.3. The summed E-state index contributed by atoms with van der Waals surface area (Å²) in [6, 6.07) is 0. The fourth-order valence-electron chi connectivity index (χ4n) is 1.05. The number of hydrogen-bond donors (Lipinski definition) is 1. The lowest BCUT2D eigenvalue weighted by Gasteiger charge is -2.05. The van der Waals surface area contributed by atoms with Crippen molar-refractivity contribution in [2.75, 3.05) is 0 Å². The lowest BCUT2D eigenvalue weighted by Crippen LogP contribution is -2.04. The van der Waals surface area contributed by atoms with Crippen LogP contribution in [0, 0.1) is 10.1 Å². The highest BCUT2D eigenvalue weighted by Crippen LogP contribution is 2.33. The van der Waals surface area contributed by atoms with E-state index in [4.69, 9.17) is 16.7 Å². The number of rotatable bonds is 3. The van der Waals surface area contributed by atoms with Crippen LogP contribution in [0.5, 0.6) is 0 Å². The molecule has 0 aliphatic heterocycles. The number of pyridine rings is 1. The molecular weight excluding hydrogens is 234 g/mol. The number of halogens is 3. The number of nitro groups is 1. The first-order valence-electron chi connectivity index (χ1n) is 3.69. The van der Waals surface area contributed by atoms with Gasteiger partial charge in [-0.05, 0) is 0 Å². The summed E-state index contributed by atoms with van der Waals surface area (Å²) in [5, 5.41) is 19.1. The Morgan fingerprint density at radius 2 is 2.27 bits per heavy atom. The van der Waals surface area contributed by atoms with E-state index < -0.39 is 29.3 Å². The third-order valence-corrected chi connectivity index (χ3v) is 2.01. The van der Waals surface area contributed by atoms with E-state index >= 15 is 0 Å². The van der Waals surface area contributed by atoms with Crippen molar-refractivity contribution in [1.82, 2.24) is 4.98 Å². The lowest BCUT2D eigenvalue weighted by molar-refractivity contribution is -0.387. The van der Waals surface area contributed by atoms with Crippen LogP contribution >= 0.6 is 11.6 Å². The number of aromatic nitrogens is 1. The molecule has 0 saturated carbocycles. The van der Waals surface area contributed by atoms with E-state index in [0.717, 1.165) is 6.20 Å².